The van der Waals surface area contributed by atoms with E-state index in [1.807, 2.05) is 0 Å². The number of piperidine rings is 1. The van der Waals surface area contributed by atoms with Crippen LogP contribution in [0.15, 0.2) is 54.6 Å². The van der Waals surface area contributed by atoms with Gasteiger partial charge in [-0.1, -0.05) is 18.2 Å². The number of benzene rings is 3. The van der Waals surface area contributed by atoms with Gasteiger partial charge in [0.2, 0.25) is 5.95 Å². The number of nitrogens with two attached hydrogens (primary N) is 1. The molecule has 4 aromatic rings. The highest BCUT2D eigenvalue weighted by Gasteiger charge is 2.41. The van der Waals surface area contributed by atoms with Gasteiger partial charge < -0.3 is 10.6 Å². The normalized spacial score (nSPS) is 20.8. The molecule has 0 saturated carbocycles. The van der Waals surface area contributed by atoms with Gasteiger partial charge in [0.05, 0.1) is 22.3 Å². The number of alkyl halides is 3. The van der Waals surface area contributed by atoms with E-state index in [4.69, 9.17) is 15.7 Å². The van der Waals surface area contributed by atoms with Gasteiger partial charge in [-0.25, -0.2) is 18.7 Å². The molecule has 2 unspecified atom stereocenters. The van der Waals surface area contributed by atoms with Crippen molar-refractivity contribution in [3.63, 3.8) is 0 Å². The summed E-state index contributed by atoms with van der Waals surface area (Å²) in [5.74, 6) is -1.35. The zero-order chi connectivity index (χ0) is 27.5. The van der Waals surface area contributed by atoms with Crippen molar-refractivity contribution in [3.8, 4) is 28.5 Å². The van der Waals surface area contributed by atoms with Crippen LogP contribution < -0.4 is 10.6 Å². The van der Waals surface area contributed by atoms with Crippen LogP contribution in [0, 0.1) is 23.0 Å². The Kier molecular flexibility index (Phi) is 5.99. The Balaban J connectivity index is 1.58. The summed E-state index contributed by atoms with van der Waals surface area (Å²) in [6.07, 6.45) is -1.34. The summed E-state index contributed by atoms with van der Waals surface area (Å²) in [6.45, 7) is 0. The fourth-order valence-electron chi connectivity index (χ4n) is 5.96. The SMILES string of the molecule is N#Cc1ccc(-c2nc(N3C4CCC3CC(N)C4)nc3ccc(-c4c(F)cccc4C(F)(F)F)cc23)cc1F. The van der Waals surface area contributed by atoms with Crippen LogP contribution in [0.1, 0.15) is 36.8 Å². The second kappa shape index (κ2) is 9.27. The summed E-state index contributed by atoms with van der Waals surface area (Å²) in [7, 11) is 0. The van der Waals surface area contributed by atoms with Gasteiger partial charge in [0.25, 0.3) is 0 Å². The van der Waals surface area contributed by atoms with Gasteiger partial charge in [-0.3, -0.25) is 0 Å². The molecular weight excluding hydrogens is 513 g/mol. The Labute approximate surface area is 220 Å². The van der Waals surface area contributed by atoms with E-state index in [2.05, 4.69) is 4.90 Å². The maximum absolute atomic E-state index is 14.8. The Bertz CT molecular complexity index is 1630. The lowest BCUT2D eigenvalue weighted by Crippen LogP contribution is -2.48. The van der Waals surface area contributed by atoms with E-state index in [9.17, 15) is 27.2 Å². The second-order valence-electron chi connectivity index (χ2n) is 10.1. The van der Waals surface area contributed by atoms with E-state index in [-0.39, 0.29) is 34.9 Å². The minimum atomic E-state index is -4.78. The molecule has 0 amide bonds. The van der Waals surface area contributed by atoms with Crippen molar-refractivity contribution >= 4 is 16.9 Å². The maximum Gasteiger partial charge on any atom is 0.417 e. The lowest BCUT2D eigenvalue weighted by Gasteiger charge is -2.38. The smallest absolute Gasteiger partial charge is 0.335 e. The van der Waals surface area contributed by atoms with Gasteiger partial charge in [0, 0.05) is 34.6 Å². The molecule has 2 bridgehead atoms. The molecule has 2 atom stereocenters. The van der Waals surface area contributed by atoms with Gasteiger partial charge in [-0.05, 0) is 67.6 Å². The highest BCUT2D eigenvalue weighted by atomic mass is 19.4. The molecule has 5 nitrogen and oxygen atoms in total. The first-order valence-corrected chi connectivity index (χ1v) is 12.6. The zero-order valence-corrected chi connectivity index (χ0v) is 20.5. The van der Waals surface area contributed by atoms with Crippen LogP contribution in [0.5, 0.6) is 0 Å². The number of nitrogens with zero attached hydrogens (tertiary/aromatic N) is 4. The second-order valence-corrected chi connectivity index (χ2v) is 10.1. The van der Waals surface area contributed by atoms with Gasteiger partial charge in [0.1, 0.15) is 17.7 Å². The Hall–Kier alpha value is -4.10. The summed E-state index contributed by atoms with van der Waals surface area (Å²) in [6, 6.07) is 13.3. The molecule has 2 fully saturated rings. The first kappa shape index (κ1) is 25.2. The minimum absolute atomic E-state index is 0.0105. The average Bonchev–Trinajstić information content (AvgIpc) is 3.17. The molecule has 2 aliphatic heterocycles. The third kappa shape index (κ3) is 4.36. The number of nitriles is 1. The van der Waals surface area contributed by atoms with Crippen molar-refractivity contribution in [1.29, 1.82) is 5.26 Å². The van der Waals surface area contributed by atoms with E-state index in [1.165, 1.54) is 36.4 Å². The molecule has 198 valence electrons. The molecule has 2 aliphatic rings. The molecule has 2 saturated heterocycles. The summed E-state index contributed by atoms with van der Waals surface area (Å²) in [4.78, 5) is 11.7. The minimum Gasteiger partial charge on any atom is -0.335 e. The average molecular weight is 536 g/mol. The largest absolute Gasteiger partial charge is 0.417 e. The molecule has 1 aromatic heterocycles. The van der Waals surface area contributed by atoms with Crippen LogP contribution >= 0.6 is 0 Å². The first-order chi connectivity index (χ1) is 18.6. The monoisotopic (exact) mass is 535 g/mol. The summed E-state index contributed by atoms with van der Waals surface area (Å²) < 4.78 is 70.9. The van der Waals surface area contributed by atoms with Crippen molar-refractivity contribution in [2.45, 2.75) is 50.0 Å². The van der Waals surface area contributed by atoms with Crippen molar-refractivity contribution < 1.29 is 22.0 Å². The Morgan fingerprint density at radius 3 is 2.28 bits per heavy atom. The quantitative estimate of drug-likeness (QED) is 0.300. The summed E-state index contributed by atoms with van der Waals surface area (Å²) >= 11 is 0. The van der Waals surface area contributed by atoms with Crippen LogP contribution in [-0.4, -0.2) is 28.1 Å². The lowest BCUT2D eigenvalue weighted by atomic mass is 9.95. The molecule has 3 heterocycles. The lowest BCUT2D eigenvalue weighted by molar-refractivity contribution is -0.137. The van der Waals surface area contributed by atoms with Gasteiger partial charge >= 0.3 is 6.18 Å². The van der Waals surface area contributed by atoms with E-state index < -0.39 is 28.9 Å². The van der Waals surface area contributed by atoms with E-state index in [1.54, 1.807) is 6.07 Å². The molecule has 0 radical (unpaired) electrons. The van der Waals surface area contributed by atoms with Gasteiger partial charge in [-0.15, -0.1) is 0 Å². The molecular formula is C29H22F5N5. The number of fused-ring (bicyclic) bond motifs is 3. The van der Waals surface area contributed by atoms with Crippen LogP contribution in [0.2, 0.25) is 0 Å². The number of halogens is 5. The fourth-order valence-corrected chi connectivity index (χ4v) is 5.96. The van der Waals surface area contributed by atoms with Crippen molar-refractivity contribution in [2.75, 3.05) is 4.90 Å². The molecule has 2 N–H and O–H groups in total. The number of rotatable bonds is 3. The zero-order valence-electron chi connectivity index (χ0n) is 20.5. The van der Waals surface area contributed by atoms with Crippen LogP contribution in [-0.2, 0) is 6.18 Å². The predicted molar refractivity (Wildman–Crippen MR) is 137 cm³/mol. The number of hydrogen-bond donors (Lipinski definition) is 1. The third-order valence-electron chi connectivity index (χ3n) is 7.66. The standard InChI is InChI=1S/C29H22F5N5/c30-23-3-1-2-22(29(32,33)34)26(23)15-6-9-25-21(10-15)27(16-4-5-17(14-35)24(31)11-16)38-28(37-25)39-19-7-8-20(39)13-18(36)12-19/h1-6,9-11,18-20H,7-8,12-13,36H2. The molecule has 0 spiro atoms. The summed E-state index contributed by atoms with van der Waals surface area (Å²) in [5.41, 5.74) is 5.40. The highest BCUT2D eigenvalue weighted by Crippen LogP contribution is 2.42. The van der Waals surface area contributed by atoms with Crippen molar-refractivity contribution in [1.82, 2.24) is 9.97 Å². The molecule has 39 heavy (non-hydrogen) atoms. The number of hydrogen-bond acceptors (Lipinski definition) is 5. The maximum atomic E-state index is 14.8. The third-order valence-corrected chi connectivity index (χ3v) is 7.66. The Morgan fingerprint density at radius 2 is 1.62 bits per heavy atom. The number of aromatic nitrogens is 2. The van der Waals surface area contributed by atoms with Crippen molar-refractivity contribution in [3.05, 3.63) is 77.4 Å². The van der Waals surface area contributed by atoms with Crippen molar-refractivity contribution in [2.24, 2.45) is 5.73 Å². The molecule has 10 heteroatoms. The van der Waals surface area contributed by atoms with Crippen LogP contribution in [0.3, 0.4) is 0 Å². The van der Waals surface area contributed by atoms with E-state index in [0.29, 0.717) is 22.4 Å². The van der Waals surface area contributed by atoms with E-state index in [0.717, 1.165) is 43.9 Å². The summed E-state index contributed by atoms with van der Waals surface area (Å²) in [5, 5.41) is 9.50. The Morgan fingerprint density at radius 1 is 0.897 bits per heavy atom. The van der Waals surface area contributed by atoms with Gasteiger partial charge in [-0.2, -0.15) is 18.4 Å². The molecule has 6 rings (SSSR count). The first-order valence-electron chi connectivity index (χ1n) is 12.6. The fraction of sp³-hybridized carbons (Fsp3) is 0.276. The molecule has 0 aliphatic carbocycles. The predicted octanol–water partition coefficient (Wildman–Crippen LogP) is 6.59. The van der Waals surface area contributed by atoms with Crippen LogP contribution in [0.25, 0.3) is 33.3 Å². The van der Waals surface area contributed by atoms with Crippen LogP contribution in [0.4, 0.5) is 27.9 Å². The van der Waals surface area contributed by atoms with E-state index >= 15 is 0 Å². The number of anilines is 1. The highest BCUT2D eigenvalue weighted by molar-refractivity contribution is 5.96. The van der Waals surface area contributed by atoms with Gasteiger partial charge in [0.15, 0.2) is 0 Å². The molecule has 3 aromatic carbocycles. The topological polar surface area (TPSA) is 78.8 Å².